The summed E-state index contributed by atoms with van der Waals surface area (Å²) < 4.78 is 0. The van der Waals surface area contributed by atoms with Crippen molar-refractivity contribution < 1.29 is 9.90 Å². The Balaban J connectivity index is 2.73. The molecule has 10 heavy (non-hydrogen) atoms. The zero-order valence-electron chi connectivity index (χ0n) is 5.96. The molecule has 3 heteroatoms. The van der Waals surface area contributed by atoms with Gasteiger partial charge in [0.1, 0.15) is 0 Å². The van der Waals surface area contributed by atoms with E-state index in [0.29, 0.717) is 0 Å². The number of carboxylic acids is 1. The van der Waals surface area contributed by atoms with Crippen LogP contribution in [0.25, 0.3) is 0 Å². The van der Waals surface area contributed by atoms with Crippen molar-refractivity contribution in [3.05, 3.63) is 0 Å². The van der Waals surface area contributed by atoms with Crippen molar-refractivity contribution in [3.63, 3.8) is 0 Å². The molecular weight excluding hydrogens is 130 g/mol. The molecule has 1 N–H and O–H groups in total. The molecule has 54 valence electrons. The summed E-state index contributed by atoms with van der Waals surface area (Å²) in [4.78, 5) is 10.4. The summed E-state index contributed by atoms with van der Waals surface area (Å²) in [5.41, 5.74) is -0.305. The van der Waals surface area contributed by atoms with Gasteiger partial charge in [0.15, 0.2) is 0 Å². The van der Waals surface area contributed by atoms with Crippen LogP contribution in [-0.2, 0) is 4.79 Å². The Hall–Kier alpha value is -1.04. The van der Waals surface area contributed by atoms with Crippen molar-refractivity contribution in [2.45, 2.75) is 13.8 Å². The van der Waals surface area contributed by atoms with E-state index in [1.165, 1.54) is 0 Å². The summed E-state index contributed by atoms with van der Waals surface area (Å²) in [6.07, 6.45) is 0. The van der Waals surface area contributed by atoms with Crippen LogP contribution < -0.4 is 0 Å². The molecule has 1 rings (SSSR count). The first-order chi connectivity index (χ1) is 4.51. The molecule has 0 radical (unpaired) electrons. The fourth-order valence-corrected chi connectivity index (χ4v) is 1.34. The van der Waals surface area contributed by atoms with E-state index in [1.807, 2.05) is 6.07 Å². The minimum absolute atomic E-state index is 0.287. The molecule has 0 heterocycles. The van der Waals surface area contributed by atoms with E-state index in [4.69, 9.17) is 10.4 Å². The summed E-state index contributed by atoms with van der Waals surface area (Å²) >= 11 is 0. The zero-order chi connectivity index (χ0) is 7.94. The first-order valence-electron chi connectivity index (χ1n) is 3.14. The molecular formula is C7H9NO2. The lowest BCUT2D eigenvalue weighted by atomic mass is 10.1. The van der Waals surface area contributed by atoms with Crippen molar-refractivity contribution in [1.82, 2.24) is 0 Å². The molecule has 0 spiro atoms. The number of hydrogen-bond acceptors (Lipinski definition) is 2. The van der Waals surface area contributed by atoms with Gasteiger partial charge in [0.05, 0.1) is 17.9 Å². The van der Waals surface area contributed by atoms with E-state index >= 15 is 0 Å². The average molecular weight is 139 g/mol. The summed E-state index contributed by atoms with van der Waals surface area (Å²) in [6.45, 7) is 3.61. The molecule has 0 unspecified atom stereocenters. The molecule has 1 aliphatic carbocycles. The Morgan fingerprint density at radius 3 is 2.30 bits per heavy atom. The molecule has 0 bridgehead atoms. The van der Waals surface area contributed by atoms with Crippen molar-refractivity contribution >= 4 is 5.97 Å². The van der Waals surface area contributed by atoms with E-state index in [2.05, 4.69) is 0 Å². The van der Waals surface area contributed by atoms with Crippen LogP contribution in [-0.4, -0.2) is 11.1 Å². The topological polar surface area (TPSA) is 61.1 Å². The van der Waals surface area contributed by atoms with Gasteiger partial charge in [-0.05, 0) is 5.41 Å². The highest BCUT2D eigenvalue weighted by molar-refractivity contribution is 5.76. The molecule has 0 aromatic rings. The maximum atomic E-state index is 10.4. The molecule has 0 aromatic carbocycles. The first kappa shape index (κ1) is 7.07. The number of hydrogen-bond donors (Lipinski definition) is 1. The predicted octanol–water partition coefficient (Wildman–Crippen LogP) is 0.867. The fourth-order valence-electron chi connectivity index (χ4n) is 1.34. The van der Waals surface area contributed by atoms with Crippen LogP contribution in [0.15, 0.2) is 0 Å². The van der Waals surface area contributed by atoms with E-state index in [9.17, 15) is 4.79 Å². The van der Waals surface area contributed by atoms with Crippen LogP contribution in [0.5, 0.6) is 0 Å². The summed E-state index contributed by atoms with van der Waals surface area (Å²) in [5, 5.41) is 17.0. The first-order valence-corrected chi connectivity index (χ1v) is 3.14. The third-order valence-corrected chi connectivity index (χ3v) is 2.23. The van der Waals surface area contributed by atoms with Crippen LogP contribution in [0.1, 0.15) is 13.8 Å². The highest BCUT2D eigenvalue weighted by atomic mass is 16.4. The molecule has 1 saturated carbocycles. The molecule has 3 nitrogen and oxygen atoms in total. The van der Waals surface area contributed by atoms with Crippen molar-refractivity contribution in [2.75, 3.05) is 0 Å². The zero-order valence-corrected chi connectivity index (χ0v) is 5.96. The number of aliphatic carboxylic acids is 1. The molecule has 0 aliphatic heterocycles. The molecule has 1 fully saturated rings. The summed E-state index contributed by atoms with van der Waals surface area (Å²) in [7, 11) is 0. The molecule has 1 aliphatic rings. The van der Waals surface area contributed by atoms with Gasteiger partial charge in [-0.1, -0.05) is 13.8 Å². The monoisotopic (exact) mass is 139 g/mol. The van der Waals surface area contributed by atoms with Crippen LogP contribution >= 0.6 is 0 Å². The Kier molecular flexibility index (Phi) is 1.22. The Labute approximate surface area is 59.3 Å². The van der Waals surface area contributed by atoms with Gasteiger partial charge in [-0.15, -0.1) is 0 Å². The normalized spacial score (nSPS) is 34.5. The second kappa shape index (κ2) is 1.72. The standard InChI is InChI=1S/C7H9NO2/c1-7(2)4(3-8)5(7)6(9)10/h4-5H,1-2H3,(H,9,10)/t4-,5+/m1/s1. The van der Waals surface area contributed by atoms with Crippen LogP contribution in [0, 0.1) is 28.6 Å². The minimum atomic E-state index is -0.850. The lowest BCUT2D eigenvalue weighted by Gasteiger charge is -1.94. The highest BCUT2D eigenvalue weighted by Crippen LogP contribution is 2.57. The van der Waals surface area contributed by atoms with Crippen molar-refractivity contribution in [3.8, 4) is 6.07 Å². The Morgan fingerprint density at radius 2 is 2.20 bits per heavy atom. The average Bonchev–Trinajstić information content (AvgIpc) is 2.33. The van der Waals surface area contributed by atoms with Crippen LogP contribution in [0.3, 0.4) is 0 Å². The van der Waals surface area contributed by atoms with Crippen LogP contribution in [0.2, 0.25) is 0 Å². The van der Waals surface area contributed by atoms with Crippen molar-refractivity contribution in [1.29, 1.82) is 5.26 Å². The van der Waals surface area contributed by atoms with Crippen LogP contribution in [0.4, 0.5) is 0 Å². The van der Waals surface area contributed by atoms with Gasteiger partial charge in [0.2, 0.25) is 0 Å². The van der Waals surface area contributed by atoms with E-state index in [0.717, 1.165) is 0 Å². The molecule has 0 amide bonds. The second-order valence-electron chi connectivity index (χ2n) is 3.24. The van der Waals surface area contributed by atoms with Gasteiger partial charge >= 0.3 is 5.97 Å². The minimum Gasteiger partial charge on any atom is -0.481 e. The number of nitriles is 1. The third kappa shape index (κ3) is 0.688. The number of carbonyl (C=O) groups is 1. The lowest BCUT2D eigenvalue weighted by molar-refractivity contribution is -0.139. The molecule has 2 atom stereocenters. The van der Waals surface area contributed by atoms with E-state index in [1.54, 1.807) is 13.8 Å². The fraction of sp³-hybridized carbons (Fsp3) is 0.714. The van der Waals surface area contributed by atoms with Gasteiger partial charge < -0.3 is 5.11 Å². The molecule has 0 saturated heterocycles. The van der Waals surface area contributed by atoms with E-state index < -0.39 is 11.9 Å². The van der Waals surface area contributed by atoms with Gasteiger partial charge in [-0.3, -0.25) is 4.79 Å². The van der Waals surface area contributed by atoms with Gasteiger partial charge in [0.25, 0.3) is 0 Å². The largest absolute Gasteiger partial charge is 0.481 e. The second-order valence-corrected chi connectivity index (χ2v) is 3.24. The smallest absolute Gasteiger partial charge is 0.308 e. The molecule has 0 aromatic heterocycles. The van der Waals surface area contributed by atoms with Gasteiger partial charge in [-0.25, -0.2) is 0 Å². The Morgan fingerprint density at radius 1 is 1.70 bits per heavy atom. The SMILES string of the molecule is CC1(C)[C@H](C#N)[C@H]1C(=O)O. The Bertz CT molecular complexity index is 214. The lowest BCUT2D eigenvalue weighted by Crippen LogP contribution is -2.02. The maximum absolute atomic E-state index is 10.4. The summed E-state index contributed by atoms with van der Waals surface area (Å²) in [6, 6.07) is 1.98. The quantitative estimate of drug-likeness (QED) is 0.586. The summed E-state index contributed by atoms with van der Waals surface area (Å²) in [5.74, 6) is -1.58. The highest BCUT2D eigenvalue weighted by Gasteiger charge is 2.62. The number of carboxylic acid groups (broad SMARTS) is 1. The third-order valence-electron chi connectivity index (χ3n) is 2.23. The van der Waals surface area contributed by atoms with Gasteiger partial charge in [-0.2, -0.15) is 5.26 Å². The predicted molar refractivity (Wildman–Crippen MR) is 34.0 cm³/mol. The van der Waals surface area contributed by atoms with E-state index in [-0.39, 0.29) is 11.3 Å². The number of nitrogens with zero attached hydrogens (tertiary/aromatic N) is 1. The maximum Gasteiger partial charge on any atom is 0.308 e. The van der Waals surface area contributed by atoms with Gasteiger partial charge in [0, 0.05) is 0 Å². The number of rotatable bonds is 1. The van der Waals surface area contributed by atoms with Crippen molar-refractivity contribution in [2.24, 2.45) is 17.3 Å².